The molecule has 1 heterocycles. The molecule has 2 fully saturated rings. The second kappa shape index (κ2) is 9.20. The average Bonchev–Trinajstić information content (AvgIpc) is 3.11. The summed E-state index contributed by atoms with van der Waals surface area (Å²) in [5, 5.41) is 2.98. The van der Waals surface area contributed by atoms with Gasteiger partial charge in [0.2, 0.25) is 5.91 Å². The number of likely N-dealkylation sites (tertiary alicyclic amines) is 1. The van der Waals surface area contributed by atoms with Crippen molar-refractivity contribution in [3.8, 4) is 0 Å². The quantitative estimate of drug-likeness (QED) is 0.861. The van der Waals surface area contributed by atoms with Gasteiger partial charge in [0.25, 0.3) is 5.91 Å². The molecule has 2 atom stereocenters. The minimum atomic E-state index is -0.00329. The number of halogens is 1. The molecule has 2 amide bonds. The molecule has 138 valence electrons. The number of piperidine rings is 1. The molecule has 0 aromatic heterocycles. The van der Waals surface area contributed by atoms with Crippen molar-refractivity contribution in [1.82, 2.24) is 4.90 Å². The van der Waals surface area contributed by atoms with Gasteiger partial charge >= 0.3 is 0 Å². The van der Waals surface area contributed by atoms with Crippen molar-refractivity contribution in [2.24, 2.45) is 17.6 Å². The van der Waals surface area contributed by atoms with E-state index < -0.39 is 0 Å². The molecule has 1 aliphatic heterocycles. The van der Waals surface area contributed by atoms with Gasteiger partial charge in [0, 0.05) is 30.3 Å². The monoisotopic (exact) mass is 365 g/mol. The summed E-state index contributed by atoms with van der Waals surface area (Å²) in [4.78, 5) is 27.0. The van der Waals surface area contributed by atoms with E-state index in [0.717, 1.165) is 45.2 Å². The molecule has 5 nitrogen and oxygen atoms in total. The molecular weight excluding hydrogens is 338 g/mol. The first-order valence-electron chi connectivity index (χ1n) is 9.09. The Hall–Kier alpha value is -1.59. The molecule has 3 N–H and O–H groups in total. The van der Waals surface area contributed by atoms with Gasteiger partial charge in [-0.25, -0.2) is 0 Å². The van der Waals surface area contributed by atoms with Gasteiger partial charge in [-0.15, -0.1) is 12.4 Å². The standard InChI is InChI=1S/C19H27N3O2.ClH/c20-13-15-7-5-9-17(15)18(23)21-16-8-4-6-14(12-16)19(24)22-10-2-1-3-11-22;/h4,6,8,12,15,17H,1-3,5,7,9-11,13,20H2,(H,21,23);1H/t15-,17-;/m1./s1. The summed E-state index contributed by atoms with van der Waals surface area (Å²) in [6, 6.07) is 7.30. The lowest BCUT2D eigenvalue weighted by molar-refractivity contribution is -0.120. The molecule has 2 aliphatic rings. The highest BCUT2D eigenvalue weighted by molar-refractivity contribution is 5.97. The van der Waals surface area contributed by atoms with Crippen LogP contribution in [0.3, 0.4) is 0 Å². The number of hydrogen-bond acceptors (Lipinski definition) is 3. The van der Waals surface area contributed by atoms with Gasteiger partial charge in [0.1, 0.15) is 0 Å². The van der Waals surface area contributed by atoms with Crippen LogP contribution in [0, 0.1) is 11.8 Å². The van der Waals surface area contributed by atoms with Crippen LogP contribution < -0.4 is 11.1 Å². The van der Waals surface area contributed by atoms with Gasteiger partial charge in [-0.3, -0.25) is 9.59 Å². The van der Waals surface area contributed by atoms with Crippen molar-refractivity contribution in [2.45, 2.75) is 38.5 Å². The second-order valence-corrected chi connectivity index (χ2v) is 6.96. The molecular formula is C19H28ClN3O2. The fourth-order valence-electron chi connectivity index (χ4n) is 3.91. The molecule has 1 saturated carbocycles. The first-order valence-corrected chi connectivity index (χ1v) is 9.09. The number of anilines is 1. The van der Waals surface area contributed by atoms with Crippen molar-refractivity contribution in [2.75, 3.05) is 25.0 Å². The third-order valence-corrected chi connectivity index (χ3v) is 5.32. The van der Waals surface area contributed by atoms with E-state index in [1.807, 2.05) is 23.1 Å². The minimum Gasteiger partial charge on any atom is -0.339 e. The normalized spacial score (nSPS) is 23.0. The van der Waals surface area contributed by atoms with Crippen LogP contribution in [-0.4, -0.2) is 36.3 Å². The Balaban J connectivity index is 0.00000225. The van der Waals surface area contributed by atoms with E-state index >= 15 is 0 Å². The number of benzene rings is 1. The van der Waals surface area contributed by atoms with Crippen LogP contribution in [0.2, 0.25) is 0 Å². The summed E-state index contributed by atoms with van der Waals surface area (Å²) in [7, 11) is 0. The number of amides is 2. The number of carbonyl (C=O) groups is 2. The topological polar surface area (TPSA) is 75.4 Å². The number of nitrogens with two attached hydrogens (primary N) is 1. The highest BCUT2D eigenvalue weighted by Crippen LogP contribution is 2.32. The smallest absolute Gasteiger partial charge is 0.253 e. The van der Waals surface area contributed by atoms with Crippen LogP contribution in [0.1, 0.15) is 48.9 Å². The SMILES string of the molecule is Cl.NC[C@H]1CCC[C@H]1C(=O)Nc1cccc(C(=O)N2CCCCC2)c1. The Morgan fingerprint density at radius 1 is 1.12 bits per heavy atom. The Morgan fingerprint density at radius 2 is 1.88 bits per heavy atom. The molecule has 6 heteroatoms. The number of carbonyl (C=O) groups excluding carboxylic acids is 2. The zero-order chi connectivity index (χ0) is 16.9. The fraction of sp³-hybridized carbons (Fsp3) is 0.579. The summed E-state index contributed by atoms with van der Waals surface area (Å²) in [6.07, 6.45) is 6.34. The lowest BCUT2D eigenvalue weighted by Crippen LogP contribution is -2.35. The van der Waals surface area contributed by atoms with E-state index in [4.69, 9.17) is 5.73 Å². The molecule has 1 aromatic carbocycles. The second-order valence-electron chi connectivity index (χ2n) is 6.96. The van der Waals surface area contributed by atoms with E-state index in [0.29, 0.717) is 17.8 Å². The van der Waals surface area contributed by atoms with Gasteiger partial charge in [-0.1, -0.05) is 12.5 Å². The van der Waals surface area contributed by atoms with Crippen molar-refractivity contribution in [1.29, 1.82) is 0 Å². The van der Waals surface area contributed by atoms with E-state index in [1.54, 1.807) is 6.07 Å². The predicted molar refractivity (Wildman–Crippen MR) is 102 cm³/mol. The van der Waals surface area contributed by atoms with Crippen LogP contribution in [-0.2, 0) is 4.79 Å². The van der Waals surface area contributed by atoms with Crippen molar-refractivity contribution >= 4 is 29.9 Å². The molecule has 0 bridgehead atoms. The lowest BCUT2D eigenvalue weighted by atomic mass is 9.95. The maximum Gasteiger partial charge on any atom is 0.253 e. The van der Waals surface area contributed by atoms with E-state index in [2.05, 4.69) is 5.32 Å². The third-order valence-electron chi connectivity index (χ3n) is 5.32. The summed E-state index contributed by atoms with van der Waals surface area (Å²) < 4.78 is 0. The zero-order valence-electron chi connectivity index (χ0n) is 14.6. The van der Waals surface area contributed by atoms with Gasteiger partial charge < -0.3 is 16.0 Å². The summed E-state index contributed by atoms with van der Waals surface area (Å²) in [6.45, 7) is 2.22. The number of hydrogen-bond donors (Lipinski definition) is 2. The first kappa shape index (κ1) is 19.7. The fourth-order valence-corrected chi connectivity index (χ4v) is 3.91. The molecule has 0 radical (unpaired) electrons. The Bertz CT molecular complexity index is 602. The summed E-state index contributed by atoms with van der Waals surface area (Å²) in [5.41, 5.74) is 7.12. The van der Waals surface area contributed by atoms with Crippen LogP contribution in [0.5, 0.6) is 0 Å². The minimum absolute atomic E-state index is 0. The Labute approximate surface area is 155 Å². The molecule has 3 rings (SSSR count). The molecule has 0 unspecified atom stereocenters. The van der Waals surface area contributed by atoms with Crippen LogP contribution >= 0.6 is 12.4 Å². The number of rotatable bonds is 4. The Morgan fingerprint density at radius 3 is 2.60 bits per heavy atom. The van der Waals surface area contributed by atoms with Crippen LogP contribution in [0.15, 0.2) is 24.3 Å². The van der Waals surface area contributed by atoms with Gasteiger partial charge in [0.05, 0.1) is 0 Å². The van der Waals surface area contributed by atoms with Gasteiger partial charge in [-0.2, -0.15) is 0 Å². The third kappa shape index (κ3) is 4.73. The highest BCUT2D eigenvalue weighted by Gasteiger charge is 2.32. The zero-order valence-corrected chi connectivity index (χ0v) is 15.4. The summed E-state index contributed by atoms with van der Waals surface area (Å²) in [5.74, 6) is 0.372. The first-order chi connectivity index (χ1) is 11.7. The van der Waals surface area contributed by atoms with Crippen LogP contribution in [0.4, 0.5) is 5.69 Å². The molecule has 1 aromatic rings. The number of nitrogens with one attached hydrogen (secondary N) is 1. The Kier molecular flexibility index (Phi) is 7.26. The van der Waals surface area contributed by atoms with E-state index in [9.17, 15) is 9.59 Å². The largest absolute Gasteiger partial charge is 0.339 e. The summed E-state index contributed by atoms with van der Waals surface area (Å²) >= 11 is 0. The maximum absolute atomic E-state index is 12.6. The molecule has 1 saturated heterocycles. The predicted octanol–water partition coefficient (Wildman–Crippen LogP) is 3.05. The van der Waals surface area contributed by atoms with Gasteiger partial charge in [0.15, 0.2) is 0 Å². The van der Waals surface area contributed by atoms with Crippen molar-refractivity contribution < 1.29 is 9.59 Å². The lowest BCUT2D eigenvalue weighted by Gasteiger charge is -2.27. The van der Waals surface area contributed by atoms with Crippen LogP contribution in [0.25, 0.3) is 0 Å². The number of nitrogens with zero attached hydrogens (tertiary/aromatic N) is 1. The van der Waals surface area contributed by atoms with Crippen molar-refractivity contribution in [3.05, 3.63) is 29.8 Å². The van der Waals surface area contributed by atoms with E-state index in [1.165, 1.54) is 6.42 Å². The highest BCUT2D eigenvalue weighted by atomic mass is 35.5. The maximum atomic E-state index is 12.6. The molecule has 1 aliphatic carbocycles. The average molecular weight is 366 g/mol. The molecule has 0 spiro atoms. The molecule has 25 heavy (non-hydrogen) atoms. The van der Waals surface area contributed by atoms with Gasteiger partial charge in [-0.05, 0) is 62.8 Å². The van der Waals surface area contributed by atoms with Crippen molar-refractivity contribution in [3.63, 3.8) is 0 Å². The van der Waals surface area contributed by atoms with E-state index in [-0.39, 0.29) is 36.1 Å².